The molecule has 11 heteroatoms. The number of ether oxygens (including phenoxy) is 1. The van der Waals surface area contributed by atoms with Crippen molar-refractivity contribution in [3.63, 3.8) is 0 Å². The number of aryl methyl sites for hydroxylation is 1. The van der Waals surface area contributed by atoms with Crippen LogP contribution in [0.1, 0.15) is 30.5 Å². The van der Waals surface area contributed by atoms with Crippen LogP contribution in [0.5, 0.6) is 5.75 Å². The van der Waals surface area contributed by atoms with Crippen LogP contribution in [0.4, 0.5) is 10.1 Å². The normalized spacial score (nSPS) is 12.0. The van der Waals surface area contributed by atoms with Gasteiger partial charge in [-0.2, -0.15) is 0 Å². The number of nitrogens with one attached hydrogen (secondary N) is 1. The molecule has 2 amide bonds. The fourth-order valence-electron chi connectivity index (χ4n) is 4.96. The highest BCUT2D eigenvalue weighted by molar-refractivity contribution is 7.92. The Labute approximate surface area is 281 Å². The molecule has 47 heavy (non-hydrogen) atoms. The van der Waals surface area contributed by atoms with E-state index in [1.165, 1.54) is 60.5 Å². The van der Waals surface area contributed by atoms with Gasteiger partial charge in [-0.25, -0.2) is 12.8 Å². The monoisotopic (exact) mass is 679 g/mol. The predicted octanol–water partition coefficient (Wildman–Crippen LogP) is 6.40. The van der Waals surface area contributed by atoms with Crippen LogP contribution < -0.4 is 14.4 Å². The van der Waals surface area contributed by atoms with E-state index >= 15 is 4.39 Å². The highest BCUT2D eigenvalue weighted by atomic mass is 35.5. The quantitative estimate of drug-likeness (QED) is 0.166. The smallest absolute Gasteiger partial charge is 0.264 e. The summed E-state index contributed by atoms with van der Waals surface area (Å²) in [6, 6.07) is 24.7. The number of carbonyl (C=O) groups excluding carboxylic acids is 2. The summed E-state index contributed by atoms with van der Waals surface area (Å²) in [5.74, 6) is -1.26. The molecule has 0 heterocycles. The zero-order valence-corrected chi connectivity index (χ0v) is 28.4. The Morgan fingerprint density at radius 1 is 0.936 bits per heavy atom. The van der Waals surface area contributed by atoms with Gasteiger partial charge in [-0.15, -0.1) is 0 Å². The van der Waals surface area contributed by atoms with Crippen LogP contribution >= 0.6 is 11.6 Å². The van der Waals surface area contributed by atoms with E-state index in [9.17, 15) is 18.0 Å². The molecule has 4 rings (SSSR count). The van der Waals surface area contributed by atoms with E-state index in [-0.39, 0.29) is 40.1 Å². The van der Waals surface area contributed by atoms with Crippen molar-refractivity contribution < 1.29 is 27.1 Å². The molecule has 8 nitrogen and oxygen atoms in total. The van der Waals surface area contributed by atoms with Gasteiger partial charge in [0.25, 0.3) is 10.0 Å². The molecule has 0 aliphatic carbocycles. The van der Waals surface area contributed by atoms with Crippen molar-refractivity contribution in [3.8, 4) is 5.75 Å². The minimum Gasteiger partial charge on any atom is -0.495 e. The first-order chi connectivity index (χ1) is 22.4. The minimum atomic E-state index is -4.33. The Morgan fingerprint density at radius 2 is 1.60 bits per heavy atom. The second kappa shape index (κ2) is 15.9. The molecule has 0 aromatic heterocycles. The van der Waals surface area contributed by atoms with Gasteiger partial charge in [0.15, 0.2) is 0 Å². The average Bonchev–Trinajstić information content (AvgIpc) is 3.05. The molecule has 4 aromatic rings. The lowest BCUT2D eigenvalue weighted by Crippen LogP contribution is -2.53. The second-order valence-electron chi connectivity index (χ2n) is 11.6. The number of methoxy groups -OCH3 is 1. The van der Waals surface area contributed by atoms with Crippen molar-refractivity contribution in [3.05, 3.63) is 125 Å². The molecule has 0 bridgehead atoms. The molecule has 248 valence electrons. The van der Waals surface area contributed by atoms with Gasteiger partial charge in [0, 0.05) is 25.1 Å². The Hall–Kier alpha value is -4.41. The Bertz CT molecular complexity index is 1790. The maximum absolute atomic E-state index is 15.1. The van der Waals surface area contributed by atoms with Gasteiger partial charge < -0.3 is 15.0 Å². The molecule has 0 fully saturated rings. The fourth-order valence-corrected chi connectivity index (χ4v) is 6.62. The van der Waals surface area contributed by atoms with Crippen LogP contribution in [-0.4, -0.2) is 51.4 Å². The number of benzene rings is 4. The third kappa shape index (κ3) is 9.11. The molecular formula is C36H39ClFN3O5S. The van der Waals surface area contributed by atoms with Crippen LogP contribution in [0.3, 0.4) is 0 Å². The van der Waals surface area contributed by atoms with Crippen molar-refractivity contribution in [1.29, 1.82) is 0 Å². The van der Waals surface area contributed by atoms with Gasteiger partial charge in [-0.1, -0.05) is 91.7 Å². The fraction of sp³-hybridized carbons (Fsp3) is 0.278. The molecule has 0 spiro atoms. The zero-order valence-electron chi connectivity index (χ0n) is 26.8. The lowest BCUT2D eigenvalue weighted by atomic mass is 10.0. The number of sulfonamides is 1. The number of hydrogen-bond donors (Lipinski definition) is 1. The topological polar surface area (TPSA) is 96.0 Å². The summed E-state index contributed by atoms with van der Waals surface area (Å²) in [6.07, 6.45) is 0.115. The van der Waals surface area contributed by atoms with E-state index in [2.05, 4.69) is 5.32 Å². The van der Waals surface area contributed by atoms with Crippen molar-refractivity contribution in [2.24, 2.45) is 5.92 Å². The molecular weight excluding hydrogens is 641 g/mol. The van der Waals surface area contributed by atoms with Gasteiger partial charge in [0.2, 0.25) is 11.8 Å². The standard InChI is InChI=1S/C36H39ClFN3O5S/c1-25(2)22-39-36(43)33(20-27-10-6-5-7-11-27)40(23-28-12-8-9-13-32(28)38)35(42)24-41(29-16-19-34(46-4)31(37)21-29)47(44,45)30-17-14-26(3)15-18-30/h5-19,21,25,33H,20,22-24H2,1-4H3,(H,39,43). The molecule has 0 saturated carbocycles. The molecule has 0 saturated heterocycles. The number of anilines is 1. The largest absolute Gasteiger partial charge is 0.495 e. The summed E-state index contributed by atoms with van der Waals surface area (Å²) in [7, 11) is -2.90. The number of rotatable bonds is 14. The van der Waals surface area contributed by atoms with Gasteiger partial charge in [-0.3, -0.25) is 13.9 Å². The zero-order chi connectivity index (χ0) is 34.1. The van der Waals surface area contributed by atoms with E-state index in [1.807, 2.05) is 51.1 Å². The summed E-state index contributed by atoms with van der Waals surface area (Å²) in [4.78, 5) is 29.6. The summed E-state index contributed by atoms with van der Waals surface area (Å²) < 4.78 is 49.7. The third-order valence-corrected chi connectivity index (χ3v) is 9.65. The molecule has 0 aliphatic heterocycles. The van der Waals surface area contributed by atoms with Crippen molar-refractivity contribution in [2.75, 3.05) is 24.5 Å². The van der Waals surface area contributed by atoms with Crippen molar-refractivity contribution >= 4 is 39.1 Å². The van der Waals surface area contributed by atoms with Crippen molar-refractivity contribution in [2.45, 2.75) is 44.7 Å². The molecule has 0 aliphatic rings. The number of amides is 2. The van der Waals surface area contributed by atoms with E-state index in [0.29, 0.717) is 12.3 Å². The first-order valence-electron chi connectivity index (χ1n) is 15.2. The number of hydrogen-bond acceptors (Lipinski definition) is 5. The predicted molar refractivity (Wildman–Crippen MR) is 182 cm³/mol. The van der Waals surface area contributed by atoms with Crippen LogP contribution in [0.25, 0.3) is 0 Å². The third-order valence-electron chi connectivity index (χ3n) is 7.57. The van der Waals surface area contributed by atoms with E-state index in [0.717, 1.165) is 15.4 Å². The molecule has 0 radical (unpaired) electrons. The highest BCUT2D eigenvalue weighted by Crippen LogP contribution is 2.32. The van der Waals surface area contributed by atoms with Gasteiger partial charge in [-0.05, 0) is 54.8 Å². The van der Waals surface area contributed by atoms with Crippen molar-refractivity contribution in [1.82, 2.24) is 10.2 Å². The van der Waals surface area contributed by atoms with Gasteiger partial charge in [0.05, 0.1) is 22.7 Å². The molecule has 1 atom stereocenters. The Balaban J connectivity index is 1.83. The first-order valence-corrected chi connectivity index (χ1v) is 17.0. The maximum atomic E-state index is 15.1. The Morgan fingerprint density at radius 3 is 2.21 bits per heavy atom. The lowest BCUT2D eigenvalue weighted by Gasteiger charge is -2.34. The van der Waals surface area contributed by atoms with Gasteiger partial charge in [0.1, 0.15) is 24.2 Å². The maximum Gasteiger partial charge on any atom is 0.264 e. The molecule has 4 aromatic carbocycles. The lowest BCUT2D eigenvalue weighted by molar-refractivity contribution is -0.140. The van der Waals surface area contributed by atoms with Gasteiger partial charge >= 0.3 is 0 Å². The second-order valence-corrected chi connectivity index (χ2v) is 13.9. The van der Waals surface area contributed by atoms with Crippen LogP contribution in [0.2, 0.25) is 5.02 Å². The Kier molecular flexibility index (Phi) is 12.0. The summed E-state index contributed by atoms with van der Waals surface area (Å²) in [6.45, 7) is 5.10. The van der Waals surface area contributed by atoms with E-state index in [1.54, 1.807) is 18.2 Å². The summed E-state index contributed by atoms with van der Waals surface area (Å²) in [5.41, 5.74) is 1.91. The average molecular weight is 680 g/mol. The summed E-state index contributed by atoms with van der Waals surface area (Å²) >= 11 is 6.42. The van der Waals surface area contributed by atoms with Crippen LogP contribution in [0.15, 0.2) is 102 Å². The number of carbonyl (C=O) groups is 2. The SMILES string of the molecule is COc1ccc(N(CC(=O)N(Cc2ccccc2F)C(Cc2ccccc2)C(=O)NCC(C)C)S(=O)(=O)c2ccc(C)cc2)cc1Cl. The summed E-state index contributed by atoms with van der Waals surface area (Å²) in [5, 5.41) is 3.05. The molecule has 1 N–H and O–H groups in total. The number of halogens is 2. The highest BCUT2D eigenvalue weighted by Gasteiger charge is 2.35. The van der Waals surface area contributed by atoms with E-state index in [4.69, 9.17) is 16.3 Å². The molecule has 1 unspecified atom stereocenters. The minimum absolute atomic E-state index is 0.0426. The first kappa shape index (κ1) is 35.4. The van der Waals surface area contributed by atoms with E-state index < -0.39 is 40.2 Å². The van der Waals surface area contributed by atoms with Crippen LogP contribution in [0, 0.1) is 18.7 Å². The van der Waals surface area contributed by atoms with Crippen LogP contribution in [-0.2, 0) is 32.6 Å². The number of nitrogens with zero attached hydrogens (tertiary/aromatic N) is 2.